The summed E-state index contributed by atoms with van der Waals surface area (Å²) in [7, 11) is -3.46. The lowest BCUT2D eigenvalue weighted by molar-refractivity contribution is -0.123. The molecule has 2 aromatic rings. The number of carbonyl (C=O) groups is 2. The van der Waals surface area contributed by atoms with Gasteiger partial charge in [-0.1, -0.05) is 30.3 Å². The number of nitrogens with one attached hydrogen (secondary N) is 3. The highest BCUT2D eigenvalue weighted by Crippen LogP contribution is 2.11. The van der Waals surface area contributed by atoms with Crippen LogP contribution < -0.4 is 15.4 Å². The maximum absolute atomic E-state index is 13.1. The van der Waals surface area contributed by atoms with Crippen molar-refractivity contribution >= 4 is 27.5 Å². The predicted octanol–water partition coefficient (Wildman–Crippen LogP) is 1.73. The molecule has 0 fully saturated rings. The van der Waals surface area contributed by atoms with E-state index in [4.69, 9.17) is 0 Å². The summed E-state index contributed by atoms with van der Waals surface area (Å²) in [6.07, 6.45) is 1.42. The van der Waals surface area contributed by atoms with Crippen LogP contribution in [0.25, 0.3) is 0 Å². The second kappa shape index (κ2) is 10.5. The summed E-state index contributed by atoms with van der Waals surface area (Å²) < 4.78 is 39.1. The first-order valence-electron chi connectivity index (χ1n) is 8.75. The van der Waals surface area contributed by atoms with E-state index in [0.29, 0.717) is 16.8 Å². The second-order valence-electron chi connectivity index (χ2n) is 6.22. The third-order valence-corrected chi connectivity index (χ3v) is 5.06. The SMILES string of the molecule is C=CCNS(=O)(=O)Cc1ccc(NC(=O)CNC(=O)Cc2cccc(F)c2)cc1. The first-order valence-corrected chi connectivity index (χ1v) is 10.4. The van der Waals surface area contributed by atoms with Gasteiger partial charge in [-0.2, -0.15) is 0 Å². The van der Waals surface area contributed by atoms with Crippen LogP contribution in [0.4, 0.5) is 10.1 Å². The van der Waals surface area contributed by atoms with Crippen molar-refractivity contribution in [3.05, 3.63) is 78.1 Å². The fourth-order valence-corrected chi connectivity index (χ4v) is 3.52. The van der Waals surface area contributed by atoms with E-state index in [1.165, 1.54) is 24.3 Å². The number of benzene rings is 2. The van der Waals surface area contributed by atoms with E-state index in [1.807, 2.05) is 0 Å². The van der Waals surface area contributed by atoms with E-state index < -0.39 is 27.7 Å². The van der Waals surface area contributed by atoms with Crippen molar-refractivity contribution in [2.75, 3.05) is 18.4 Å². The number of amides is 2. The molecule has 0 spiro atoms. The minimum atomic E-state index is -3.46. The summed E-state index contributed by atoms with van der Waals surface area (Å²) in [5.74, 6) is -1.46. The smallest absolute Gasteiger partial charge is 0.243 e. The van der Waals surface area contributed by atoms with Crippen molar-refractivity contribution in [2.24, 2.45) is 0 Å². The largest absolute Gasteiger partial charge is 0.347 e. The number of rotatable bonds is 10. The van der Waals surface area contributed by atoms with Gasteiger partial charge in [-0.15, -0.1) is 6.58 Å². The van der Waals surface area contributed by atoms with Crippen LogP contribution in [0.2, 0.25) is 0 Å². The van der Waals surface area contributed by atoms with Crippen LogP contribution in [0.5, 0.6) is 0 Å². The molecule has 7 nitrogen and oxygen atoms in total. The monoisotopic (exact) mass is 419 g/mol. The Bertz CT molecular complexity index is 975. The van der Waals surface area contributed by atoms with Gasteiger partial charge in [0.1, 0.15) is 5.82 Å². The predicted molar refractivity (Wildman–Crippen MR) is 109 cm³/mol. The molecule has 0 atom stereocenters. The van der Waals surface area contributed by atoms with Crippen LogP contribution in [0.1, 0.15) is 11.1 Å². The Morgan fingerprint density at radius 1 is 1.03 bits per heavy atom. The summed E-state index contributed by atoms with van der Waals surface area (Å²) in [6.45, 7) is 3.37. The van der Waals surface area contributed by atoms with Gasteiger partial charge in [0.25, 0.3) is 0 Å². The van der Waals surface area contributed by atoms with Crippen LogP contribution in [-0.2, 0) is 31.8 Å². The highest BCUT2D eigenvalue weighted by atomic mass is 32.2. The molecule has 0 saturated heterocycles. The number of anilines is 1. The number of sulfonamides is 1. The Morgan fingerprint density at radius 2 is 1.76 bits per heavy atom. The zero-order chi connectivity index (χ0) is 21.3. The normalized spacial score (nSPS) is 10.9. The molecule has 9 heteroatoms. The van der Waals surface area contributed by atoms with Crippen molar-refractivity contribution in [1.82, 2.24) is 10.0 Å². The van der Waals surface area contributed by atoms with Gasteiger partial charge in [-0.05, 0) is 35.4 Å². The average molecular weight is 419 g/mol. The Kier molecular flexibility index (Phi) is 8.05. The fraction of sp³-hybridized carbons (Fsp3) is 0.200. The molecule has 0 heterocycles. The summed E-state index contributed by atoms with van der Waals surface area (Å²) in [5.41, 5.74) is 1.54. The zero-order valence-electron chi connectivity index (χ0n) is 15.7. The van der Waals surface area contributed by atoms with Gasteiger partial charge in [0.2, 0.25) is 21.8 Å². The second-order valence-corrected chi connectivity index (χ2v) is 8.03. The van der Waals surface area contributed by atoms with Gasteiger partial charge in [0, 0.05) is 12.2 Å². The van der Waals surface area contributed by atoms with Crippen molar-refractivity contribution in [2.45, 2.75) is 12.2 Å². The zero-order valence-corrected chi connectivity index (χ0v) is 16.5. The summed E-state index contributed by atoms with van der Waals surface area (Å²) in [5, 5.41) is 5.07. The molecule has 2 amide bonds. The summed E-state index contributed by atoms with van der Waals surface area (Å²) in [6, 6.07) is 12.0. The average Bonchev–Trinajstić information content (AvgIpc) is 2.66. The molecule has 0 bridgehead atoms. The Hall–Kier alpha value is -3.04. The van der Waals surface area contributed by atoms with Crippen LogP contribution >= 0.6 is 0 Å². The van der Waals surface area contributed by atoms with Gasteiger partial charge < -0.3 is 10.6 Å². The van der Waals surface area contributed by atoms with Crippen molar-refractivity contribution < 1.29 is 22.4 Å². The molecular formula is C20H22FN3O4S. The number of carbonyl (C=O) groups excluding carboxylic acids is 2. The summed E-state index contributed by atoms with van der Waals surface area (Å²) in [4.78, 5) is 23.8. The van der Waals surface area contributed by atoms with E-state index in [0.717, 1.165) is 0 Å². The van der Waals surface area contributed by atoms with Gasteiger partial charge in [-0.25, -0.2) is 17.5 Å². The molecule has 0 radical (unpaired) electrons. The molecule has 0 aliphatic heterocycles. The fourth-order valence-electron chi connectivity index (χ4n) is 2.42. The molecule has 29 heavy (non-hydrogen) atoms. The van der Waals surface area contributed by atoms with Gasteiger partial charge in [0.15, 0.2) is 0 Å². The van der Waals surface area contributed by atoms with Crippen LogP contribution in [-0.4, -0.2) is 33.3 Å². The van der Waals surface area contributed by atoms with Crippen LogP contribution in [0.15, 0.2) is 61.2 Å². The van der Waals surface area contributed by atoms with E-state index in [9.17, 15) is 22.4 Å². The Balaban J connectivity index is 1.80. The van der Waals surface area contributed by atoms with Crippen LogP contribution in [0, 0.1) is 5.82 Å². The third-order valence-electron chi connectivity index (χ3n) is 3.74. The van der Waals surface area contributed by atoms with Crippen LogP contribution in [0.3, 0.4) is 0 Å². The molecule has 2 rings (SSSR count). The molecule has 3 N–H and O–H groups in total. The maximum atomic E-state index is 13.1. The number of halogens is 1. The molecule has 0 aliphatic carbocycles. The molecule has 2 aromatic carbocycles. The van der Waals surface area contributed by atoms with Gasteiger partial charge in [0.05, 0.1) is 18.7 Å². The standard InChI is InChI=1S/C20H22FN3O4S/c1-2-10-23-29(27,28)14-15-6-8-18(9-7-15)24-20(26)13-22-19(25)12-16-4-3-5-17(21)11-16/h2-9,11,23H,1,10,12-14H2,(H,22,25)(H,24,26). The lowest BCUT2D eigenvalue weighted by atomic mass is 10.1. The van der Waals surface area contributed by atoms with Crippen molar-refractivity contribution in [3.8, 4) is 0 Å². The van der Waals surface area contributed by atoms with Crippen molar-refractivity contribution in [1.29, 1.82) is 0 Å². The molecule has 154 valence electrons. The molecule has 0 saturated carbocycles. The minimum Gasteiger partial charge on any atom is -0.347 e. The Morgan fingerprint density at radius 3 is 2.41 bits per heavy atom. The molecular weight excluding hydrogens is 397 g/mol. The first-order chi connectivity index (χ1) is 13.8. The highest BCUT2D eigenvalue weighted by molar-refractivity contribution is 7.88. The lowest BCUT2D eigenvalue weighted by Crippen LogP contribution is -2.33. The Labute approximate surface area is 169 Å². The van der Waals surface area contributed by atoms with Gasteiger partial charge in [-0.3, -0.25) is 9.59 Å². The topological polar surface area (TPSA) is 104 Å². The molecule has 0 unspecified atom stereocenters. The third kappa shape index (κ3) is 8.24. The van der Waals surface area contributed by atoms with Gasteiger partial charge >= 0.3 is 0 Å². The summed E-state index contributed by atoms with van der Waals surface area (Å²) >= 11 is 0. The minimum absolute atomic E-state index is 0.0336. The first kappa shape index (κ1) is 22.3. The van der Waals surface area contributed by atoms with E-state index in [-0.39, 0.29) is 25.3 Å². The van der Waals surface area contributed by atoms with E-state index >= 15 is 0 Å². The number of hydrogen-bond donors (Lipinski definition) is 3. The highest BCUT2D eigenvalue weighted by Gasteiger charge is 2.11. The molecule has 0 aliphatic rings. The molecule has 0 aromatic heterocycles. The van der Waals surface area contributed by atoms with Crippen molar-refractivity contribution in [3.63, 3.8) is 0 Å². The lowest BCUT2D eigenvalue weighted by Gasteiger charge is -2.09. The van der Waals surface area contributed by atoms with E-state index in [1.54, 1.807) is 30.3 Å². The van der Waals surface area contributed by atoms with E-state index in [2.05, 4.69) is 21.9 Å². The quantitative estimate of drug-likeness (QED) is 0.510. The number of hydrogen-bond acceptors (Lipinski definition) is 4. The maximum Gasteiger partial charge on any atom is 0.243 e.